The van der Waals surface area contributed by atoms with E-state index in [2.05, 4.69) is 21.7 Å². The first-order valence-electron chi connectivity index (χ1n) is 8.01. The summed E-state index contributed by atoms with van der Waals surface area (Å²) in [5.74, 6) is 0.963. The fourth-order valence-corrected chi connectivity index (χ4v) is 4.52. The van der Waals surface area contributed by atoms with Crippen molar-refractivity contribution in [1.29, 1.82) is 0 Å². The lowest BCUT2D eigenvalue weighted by molar-refractivity contribution is -0.138. The molecule has 1 aromatic rings. The molecular formula is C16H22N2O2S. The number of thiophene rings is 1. The number of ether oxygens (including phenoxy) is 1. The fourth-order valence-electron chi connectivity index (χ4n) is 3.61. The van der Waals surface area contributed by atoms with Crippen LogP contribution in [0.2, 0.25) is 0 Å². The average Bonchev–Trinajstić information content (AvgIpc) is 3.23. The Hall–Kier alpha value is -0.910. The van der Waals surface area contributed by atoms with Crippen LogP contribution in [0.15, 0.2) is 11.4 Å². The van der Waals surface area contributed by atoms with E-state index in [1.54, 1.807) is 0 Å². The minimum Gasteiger partial charge on any atom is -0.375 e. The van der Waals surface area contributed by atoms with Crippen LogP contribution in [0.3, 0.4) is 0 Å². The molecule has 3 aliphatic rings. The van der Waals surface area contributed by atoms with Gasteiger partial charge in [0.05, 0.1) is 25.2 Å². The van der Waals surface area contributed by atoms with Gasteiger partial charge >= 0.3 is 0 Å². The molecule has 2 fully saturated rings. The summed E-state index contributed by atoms with van der Waals surface area (Å²) in [5, 5.41) is 5.49. The lowest BCUT2D eigenvalue weighted by Gasteiger charge is -2.37. The second kappa shape index (κ2) is 5.71. The molecule has 21 heavy (non-hydrogen) atoms. The number of nitrogens with one attached hydrogen (secondary N) is 1. The van der Waals surface area contributed by atoms with Crippen LogP contribution >= 0.6 is 11.3 Å². The Balaban J connectivity index is 1.49. The topological polar surface area (TPSA) is 41.6 Å². The van der Waals surface area contributed by atoms with Crippen molar-refractivity contribution in [2.45, 2.75) is 37.8 Å². The zero-order valence-electron chi connectivity index (χ0n) is 12.2. The van der Waals surface area contributed by atoms with Crippen molar-refractivity contribution in [3.05, 3.63) is 21.9 Å². The molecule has 0 spiro atoms. The summed E-state index contributed by atoms with van der Waals surface area (Å²) in [7, 11) is 0. The summed E-state index contributed by atoms with van der Waals surface area (Å²) in [6.07, 6.45) is 4.13. The van der Waals surface area contributed by atoms with E-state index in [9.17, 15) is 4.79 Å². The van der Waals surface area contributed by atoms with Crippen molar-refractivity contribution in [2.24, 2.45) is 5.92 Å². The maximum absolute atomic E-state index is 12.8. The first kappa shape index (κ1) is 13.7. The van der Waals surface area contributed by atoms with Crippen LogP contribution in [0.4, 0.5) is 0 Å². The molecule has 1 aliphatic carbocycles. The second-order valence-corrected chi connectivity index (χ2v) is 7.32. The van der Waals surface area contributed by atoms with Gasteiger partial charge in [-0.1, -0.05) is 0 Å². The minimum absolute atomic E-state index is 0.0509. The molecular weight excluding hydrogens is 284 g/mol. The molecule has 5 heteroatoms. The molecule has 2 aliphatic heterocycles. The molecule has 4 nitrogen and oxygen atoms in total. The predicted molar refractivity (Wildman–Crippen MR) is 82.4 cm³/mol. The largest absolute Gasteiger partial charge is 0.375 e. The number of fused-ring (bicyclic) bond motifs is 1. The third kappa shape index (κ3) is 2.74. The monoisotopic (exact) mass is 306 g/mol. The molecule has 0 aromatic carbocycles. The summed E-state index contributed by atoms with van der Waals surface area (Å²) >= 11 is 1.85. The Kier molecular flexibility index (Phi) is 3.73. The highest BCUT2D eigenvalue weighted by atomic mass is 32.1. The zero-order valence-corrected chi connectivity index (χ0v) is 13.0. The highest BCUT2D eigenvalue weighted by Crippen LogP contribution is 2.48. The summed E-state index contributed by atoms with van der Waals surface area (Å²) in [4.78, 5) is 16.4. The molecule has 1 saturated carbocycles. The van der Waals surface area contributed by atoms with E-state index < -0.39 is 0 Å². The van der Waals surface area contributed by atoms with E-state index in [4.69, 9.17) is 4.74 Å². The van der Waals surface area contributed by atoms with Gasteiger partial charge in [-0.25, -0.2) is 0 Å². The van der Waals surface area contributed by atoms with E-state index in [-0.39, 0.29) is 12.0 Å². The molecule has 0 bridgehead atoms. The lowest BCUT2D eigenvalue weighted by atomic mass is 9.95. The zero-order chi connectivity index (χ0) is 14.2. The summed E-state index contributed by atoms with van der Waals surface area (Å²) < 4.78 is 5.70. The van der Waals surface area contributed by atoms with Crippen molar-refractivity contribution >= 4 is 17.2 Å². The van der Waals surface area contributed by atoms with Gasteiger partial charge in [-0.15, -0.1) is 11.3 Å². The maximum atomic E-state index is 12.8. The highest BCUT2D eigenvalue weighted by molar-refractivity contribution is 7.10. The Bertz CT molecular complexity index is 520. The van der Waals surface area contributed by atoms with Gasteiger partial charge < -0.3 is 15.0 Å². The Morgan fingerprint density at radius 1 is 1.48 bits per heavy atom. The van der Waals surface area contributed by atoms with Crippen molar-refractivity contribution < 1.29 is 9.53 Å². The average molecular weight is 306 g/mol. The van der Waals surface area contributed by atoms with E-state index in [1.807, 2.05) is 11.3 Å². The third-order valence-corrected chi connectivity index (χ3v) is 5.81. The maximum Gasteiger partial charge on any atom is 0.225 e. The third-order valence-electron chi connectivity index (χ3n) is 4.81. The minimum atomic E-state index is 0.0509. The molecule has 3 heterocycles. The van der Waals surface area contributed by atoms with Crippen molar-refractivity contribution in [2.75, 3.05) is 26.2 Å². The van der Waals surface area contributed by atoms with Crippen LogP contribution < -0.4 is 5.32 Å². The first-order chi connectivity index (χ1) is 10.3. The van der Waals surface area contributed by atoms with Crippen LogP contribution in [0.5, 0.6) is 0 Å². The number of nitrogens with zero attached hydrogens (tertiary/aromatic N) is 1. The van der Waals surface area contributed by atoms with Gasteiger partial charge in [0.1, 0.15) is 0 Å². The van der Waals surface area contributed by atoms with Gasteiger partial charge in [0.25, 0.3) is 0 Å². The van der Waals surface area contributed by atoms with Gasteiger partial charge in [-0.2, -0.15) is 0 Å². The van der Waals surface area contributed by atoms with E-state index in [1.165, 1.54) is 23.3 Å². The molecule has 0 radical (unpaired) electrons. The molecule has 1 N–H and O–H groups in total. The SMILES string of the molecule is O=C(CC1CNCCO1)N1CCc2sccc2C1C1CC1. The smallest absolute Gasteiger partial charge is 0.225 e. The number of rotatable bonds is 3. The van der Waals surface area contributed by atoms with Crippen LogP contribution in [0.1, 0.15) is 35.7 Å². The molecule has 1 saturated heterocycles. The first-order valence-corrected chi connectivity index (χ1v) is 8.89. The molecule has 2 atom stereocenters. The number of carbonyl (C=O) groups is 1. The highest BCUT2D eigenvalue weighted by Gasteiger charge is 2.42. The van der Waals surface area contributed by atoms with Crippen LogP contribution in [0.25, 0.3) is 0 Å². The van der Waals surface area contributed by atoms with Crippen molar-refractivity contribution in [1.82, 2.24) is 10.2 Å². The van der Waals surface area contributed by atoms with Crippen LogP contribution in [-0.2, 0) is 16.0 Å². The number of carbonyl (C=O) groups excluding carboxylic acids is 1. The Morgan fingerprint density at radius 3 is 3.14 bits per heavy atom. The number of morpholine rings is 1. The van der Waals surface area contributed by atoms with E-state index >= 15 is 0 Å². The summed E-state index contributed by atoms with van der Waals surface area (Å²) in [6.45, 7) is 3.31. The normalized spacial score (nSPS) is 29.2. The number of hydrogen-bond acceptors (Lipinski definition) is 4. The van der Waals surface area contributed by atoms with Crippen LogP contribution in [-0.4, -0.2) is 43.2 Å². The van der Waals surface area contributed by atoms with Gasteiger partial charge in [0.2, 0.25) is 5.91 Å². The number of amides is 1. The van der Waals surface area contributed by atoms with Gasteiger partial charge in [-0.3, -0.25) is 4.79 Å². The number of hydrogen-bond donors (Lipinski definition) is 1. The molecule has 1 aromatic heterocycles. The molecule has 114 valence electrons. The standard InChI is InChI=1S/C16H22N2O2S/c19-15(9-12-10-17-5-7-20-12)18-6-3-14-13(4-8-21-14)16(18)11-1-2-11/h4,8,11-12,16-17H,1-3,5-7,9-10H2. The van der Waals surface area contributed by atoms with Crippen LogP contribution in [0, 0.1) is 5.92 Å². The predicted octanol–water partition coefficient (Wildman–Crippen LogP) is 1.96. The van der Waals surface area contributed by atoms with Gasteiger partial charge in [0.15, 0.2) is 0 Å². The Morgan fingerprint density at radius 2 is 2.38 bits per heavy atom. The fraction of sp³-hybridized carbons (Fsp3) is 0.688. The van der Waals surface area contributed by atoms with E-state index in [0.29, 0.717) is 18.4 Å². The Labute approximate surface area is 129 Å². The lowest BCUT2D eigenvalue weighted by Crippen LogP contribution is -2.45. The van der Waals surface area contributed by atoms with Gasteiger partial charge in [-0.05, 0) is 42.2 Å². The second-order valence-electron chi connectivity index (χ2n) is 6.32. The van der Waals surface area contributed by atoms with Crippen molar-refractivity contribution in [3.8, 4) is 0 Å². The summed E-state index contributed by atoms with van der Waals surface area (Å²) in [6, 6.07) is 2.57. The summed E-state index contributed by atoms with van der Waals surface area (Å²) in [5.41, 5.74) is 1.42. The molecule has 1 amide bonds. The molecule has 2 unspecified atom stereocenters. The quantitative estimate of drug-likeness (QED) is 0.928. The van der Waals surface area contributed by atoms with Gasteiger partial charge in [0, 0.05) is 24.5 Å². The molecule has 4 rings (SSSR count). The van der Waals surface area contributed by atoms with Crippen molar-refractivity contribution in [3.63, 3.8) is 0 Å². The van der Waals surface area contributed by atoms with E-state index in [0.717, 1.165) is 32.7 Å².